The van der Waals surface area contributed by atoms with Crippen molar-refractivity contribution in [3.63, 3.8) is 0 Å². The number of Topliss-reactive ketones (excluding diaryl/α,β-unsaturated/α-hetero) is 1. The summed E-state index contributed by atoms with van der Waals surface area (Å²) in [6, 6.07) is 37.8. The van der Waals surface area contributed by atoms with E-state index in [-0.39, 0.29) is 17.3 Å². The zero-order valence-corrected chi connectivity index (χ0v) is 45.6. The van der Waals surface area contributed by atoms with E-state index in [1.165, 1.54) is 88.5 Å². The molecule has 14 nitrogen and oxygen atoms in total. The number of thioether (sulfide) groups is 3. The summed E-state index contributed by atoms with van der Waals surface area (Å²) < 4.78 is 7.41. The van der Waals surface area contributed by atoms with Gasteiger partial charge in [-0.1, -0.05) is 126 Å². The second-order valence-corrected chi connectivity index (χ2v) is 22.5. The fraction of sp³-hybridized carbons (Fsp3) is 0.250. The maximum atomic E-state index is 11.3. The van der Waals surface area contributed by atoms with Gasteiger partial charge in [0, 0.05) is 27.7 Å². The molecule has 3 fully saturated rings. The number of carbonyl (C=O) groups is 3. The molecule has 3 heterocycles. The Balaban J connectivity index is 0.000000124. The van der Waals surface area contributed by atoms with Gasteiger partial charge in [-0.25, -0.2) is 0 Å². The molecule has 3 aromatic heterocycles. The van der Waals surface area contributed by atoms with Crippen molar-refractivity contribution in [3.8, 4) is 17.1 Å². The number of benzene rings is 6. The lowest BCUT2D eigenvalue weighted by Crippen LogP contribution is -2.24. The van der Waals surface area contributed by atoms with Gasteiger partial charge in [-0.2, -0.15) is 0 Å². The normalized spacial score (nSPS) is 14.2. The van der Waals surface area contributed by atoms with Crippen LogP contribution in [0.1, 0.15) is 79.9 Å². The van der Waals surface area contributed by atoms with Crippen molar-refractivity contribution in [2.24, 2.45) is 0 Å². The Kier molecular flexibility index (Phi) is 15.3. The van der Waals surface area contributed by atoms with Crippen molar-refractivity contribution in [2.75, 3.05) is 17.3 Å². The summed E-state index contributed by atoms with van der Waals surface area (Å²) in [4.78, 5) is 32.9. The Morgan fingerprint density at radius 2 is 0.722 bits per heavy atom. The molecule has 72 heavy (non-hydrogen) atoms. The van der Waals surface area contributed by atoms with Crippen LogP contribution in [0, 0.1) is 0 Å². The second kappa shape index (κ2) is 22.0. The van der Waals surface area contributed by atoms with Crippen LogP contribution in [-0.4, -0.2) is 79.3 Å². The van der Waals surface area contributed by atoms with Gasteiger partial charge in [-0.05, 0) is 162 Å². The molecule has 0 aliphatic heterocycles. The highest BCUT2D eigenvalue weighted by Crippen LogP contribution is 2.47. The minimum absolute atomic E-state index is 0.125. The molecule has 3 aliphatic rings. The first kappa shape index (κ1) is 50.2. The Hall–Kier alpha value is -5.38. The minimum Gasteiger partial charge on any atom is -0.549 e. The number of hydrogen-bond acceptors (Lipinski definition) is 14. The summed E-state index contributed by atoms with van der Waals surface area (Å²) in [6.07, 6.45) is 7.52. The number of carboxylic acid groups (broad SMARTS) is 2. The molecule has 0 amide bonds. The van der Waals surface area contributed by atoms with E-state index in [0.717, 1.165) is 56.5 Å². The van der Waals surface area contributed by atoms with Gasteiger partial charge in [0.15, 0.2) is 15.5 Å². The SMILES string of the molecule is CC(=O)CSc1nnc(Br)n1-c1ccc(C2CC2)c2ccccc12.O=C([O-])CSc1nnc(Br)n1-c1ccc(C2CC2)c2ccccc12.O=C([O-])CSc1nnc(Br)n1-c1ccc(C2CC2)c2ccccc12. The summed E-state index contributed by atoms with van der Waals surface area (Å²) in [5, 5.41) is 55.1. The average molecular weight is 1210 g/mol. The van der Waals surface area contributed by atoms with E-state index in [1.54, 1.807) is 6.92 Å². The third-order valence-electron chi connectivity index (χ3n) is 12.4. The fourth-order valence-electron chi connectivity index (χ4n) is 8.81. The van der Waals surface area contributed by atoms with Gasteiger partial charge in [0.2, 0.25) is 14.2 Å². The lowest BCUT2D eigenvalue weighted by atomic mass is 9.99. The zero-order valence-electron chi connectivity index (χ0n) is 38.4. The van der Waals surface area contributed by atoms with Crippen molar-refractivity contribution in [1.82, 2.24) is 44.3 Å². The average Bonchev–Trinajstić information content (AvgIpc) is 4.31. The van der Waals surface area contributed by atoms with Crippen molar-refractivity contribution < 1.29 is 24.6 Å². The highest BCUT2D eigenvalue weighted by molar-refractivity contribution is 9.10. The molecule has 0 atom stereocenters. The van der Waals surface area contributed by atoms with Crippen LogP contribution < -0.4 is 10.2 Å². The number of carbonyl (C=O) groups excluding carboxylic acids is 3. The molecular formula is C52H42Br3N9O5S3-2. The van der Waals surface area contributed by atoms with Crippen molar-refractivity contribution in [2.45, 2.75) is 78.7 Å². The first-order valence-electron chi connectivity index (χ1n) is 23.1. The molecule has 20 heteroatoms. The van der Waals surface area contributed by atoms with Crippen LogP contribution in [0.4, 0.5) is 0 Å². The molecule has 6 aromatic carbocycles. The van der Waals surface area contributed by atoms with Crippen molar-refractivity contribution in [3.05, 3.63) is 140 Å². The summed E-state index contributed by atoms with van der Waals surface area (Å²) in [6.45, 7) is 1.59. The number of carboxylic acids is 2. The van der Waals surface area contributed by atoms with Crippen LogP contribution in [0.15, 0.2) is 139 Å². The highest BCUT2D eigenvalue weighted by atomic mass is 79.9. The molecule has 0 unspecified atom stereocenters. The molecular weight excluding hydrogens is 1170 g/mol. The Morgan fingerprint density at radius 1 is 0.444 bits per heavy atom. The maximum absolute atomic E-state index is 11.3. The number of fused-ring (bicyclic) bond motifs is 3. The van der Waals surface area contributed by atoms with Crippen molar-refractivity contribution >= 4 is 133 Å². The number of aliphatic carboxylic acids is 2. The van der Waals surface area contributed by atoms with Crippen LogP contribution in [-0.2, 0) is 14.4 Å². The van der Waals surface area contributed by atoms with Gasteiger partial charge in [0.05, 0.1) is 34.8 Å². The Morgan fingerprint density at radius 3 is 0.986 bits per heavy atom. The van der Waals surface area contributed by atoms with Crippen LogP contribution in [0.5, 0.6) is 0 Å². The lowest BCUT2D eigenvalue weighted by Gasteiger charge is -2.14. The standard InChI is InChI=1S/C18H16BrN3OS.2C17H14BrN3O2S/c1-11(23)10-24-18-21-20-17(19)22(18)16-9-8-13(12-6-7-12)14-4-2-3-5-15(14)16;2*18-16-19-20-17(24-9-15(22)23)21(16)14-8-7-11(10-5-6-10)12-3-1-2-4-13(12)14/h2-5,8-9,12H,6-7,10H2,1H3;2*1-4,7-8,10H,5-6,9H2,(H,22,23)/p-2. The number of rotatable bonds is 15. The molecule has 366 valence electrons. The van der Waals surface area contributed by atoms with Crippen LogP contribution >= 0.6 is 83.1 Å². The van der Waals surface area contributed by atoms with Gasteiger partial charge in [0.1, 0.15) is 5.78 Å². The predicted molar refractivity (Wildman–Crippen MR) is 288 cm³/mol. The zero-order chi connectivity index (χ0) is 50.0. The molecule has 12 rings (SSSR count). The minimum atomic E-state index is -1.13. The number of nitrogens with zero attached hydrogens (tertiary/aromatic N) is 9. The lowest BCUT2D eigenvalue weighted by molar-refractivity contribution is -0.302. The van der Waals surface area contributed by atoms with Crippen LogP contribution in [0.25, 0.3) is 49.4 Å². The number of aromatic nitrogens is 9. The van der Waals surface area contributed by atoms with E-state index >= 15 is 0 Å². The van der Waals surface area contributed by atoms with Crippen molar-refractivity contribution in [1.29, 1.82) is 0 Å². The van der Waals surface area contributed by atoms with Crippen LogP contribution in [0.2, 0.25) is 0 Å². The van der Waals surface area contributed by atoms with Gasteiger partial charge in [0.25, 0.3) is 0 Å². The number of halogens is 3. The first-order valence-corrected chi connectivity index (χ1v) is 28.4. The van der Waals surface area contributed by atoms with Gasteiger partial charge in [-0.3, -0.25) is 18.5 Å². The molecule has 3 aliphatic carbocycles. The molecule has 0 N–H and O–H groups in total. The van der Waals surface area contributed by atoms with E-state index in [9.17, 15) is 24.6 Å². The molecule has 3 saturated carbocycles. The van der Waals surface area contributed by atoms with E-state index in [4.69, 9.17) is 0 Å². The third kappa shape index (κ3) is 11.1. The van der Waals surface area contributed by atoms with Gasteiger partial charge >= 0.3 is 0 Å². The molecule has 0 radical (unpaired) electrons. The Labute approximate surface area is 451 Å². The second-order valence-electron chi connectivity index (χ2n) is 17.6. The summed E-state index contributed by atoms with van der Waals surface area (Å²) in [5.41, 5.74) is 7.10. The molecule has 9 aromatic rings. The highest BCUT2D eigenvalue weighted by Gasteiger charge is 2.29. The molecule has 0 spiro atoms. The van der Waals surface area contributed by atoms with Crippen LogP contribution in [0.3, 0.4) is 0 Å². The predicted octanol–water partition coefficient (Wildman–Crippen LogP) is 10.5. The fourth-order valence-corrected chi connectivity index (χ4v) is 12.5. The quantitative estimate of drug-likeness (QED) is 0.0881. The number of hydrogen-bond donors (Lipinski definition) is 0. The molecule has 0 bridgehead atoms. The largest absolute Gasteiger partial charge is 0.549 e. The molecule has 0 saturated heterocycles. The maximum Gasteiger partial charge on any atom is 0.205 e. The third-order valence-corrected chi connectivity index (χ3v) is 16.8. The first-order chi connectivity index (χ1) is 34.9. The summed E-state index contributed by atoms with van der Waals surface area (Å²) in [5.74, 6) is -0.0606. The van der Waals surface area contributed by atoms with E-state index in [2.05, 4.69) is 163 Å². The van der Waals surface area contributed by atoms with E-state index < -0.39 is 11.9 Å². The smallest absolute Gasteiger partial charge is 0.205 e. The number of ketones is 1. The Bertz CT molecular complexity index is 3170. The summed E-state index contributed by atoms with van der Waals surface area (Å²) >= 11 is 13.9. The monoisotopic (exact) mass is 1210 g/mol. The van der Waals surface area contributed by atoms with Gasteiger partial charge in [-0.15, -0.1) is 30.6 Å². The summed E-state index contributed by atoms with van der Waals surface area (Å²) in [7, 11) is 0. The van der Waals surface area contributed by atoms with Gasteiger partial charge < -0.3 is 19.8 Å². The van der Waals surface area contributed by atoms with E-state index in [0.29, 0.717) is 48.0 Å². The topological polar surface area (TPSA) is 189 Å². The van der Waals surface area contributed by atoms with E-state index in [1.807, 2.05) is 38.0 Å².